The van der Waals surface area contributed by atoms with Crippen LogP contribution in [0.4, 0.5) is 11.4 Å². The second kappa shape index (κ2) is 12.3. The maximum absolute atomic E-state index is 7.29. The van der Waals surface area contributed by atoms with Crippen molar-refractivity contribution in [1.29, 1.82) is 0 Å². The number of nitrogens with zero attached hydrogens (tertiary/aromatic N) is 2. The van der Waals surface area contributed by atoms with Crippen molar-refractivity contribution in [3.05, 3.63) is 173 Å². The first-order valence-electron chi connectivity index (χ1n) is 21.3. The van der Waals surface area contributed by atoms with E-state index in [1.807, 2.05) is 0 Å². The normalized spacial score (nSPS) is 15.4. The fourth-order valence-corrected chi connectivity index (χ4v) is 10.2. The Morgan fingerprint density at radius 3 is 1.85 bits per heavy atom. The molecule has 4 heteroatoms. The van der Waals surface area contributed by atoms with Crippen molar-refractivity contribution in [1.82, 2.24) is 4.57 Å². The van der Waals surface area contributed by atoms with Gasteiger partial charge in [-0.3, -0.25) is 0 Å². The third kappa shape index (κ3) is 5.34. The van der Waals surface area contributed by atoms with Crippen LogP contribution >= 0.6 is 0 Å². The van der Waals surface area contributed by atoms with Gasteiger partial charge >= 0.3 is 6.85 Å². The average molecular weight is 767 g/mol. The maximum atomic E-state index is 7.29. The van der Waals surface area contributed by atoms with Crippen LogP contribution in [0.15, 0.2) is 140 Å². The van der Waals surface area contributed by atoms with Crippen LogP contribution in [0.2, 0.25) is 0 Å². The molecule has 0 N–H and O–H groups in total. The molecule has 4 heterocycles. The lowest BCUT2D eigenvalue weighted by Gasteiger charge is -2.48. The summed E-state index contributed by atoms with van der Waals surface area (Å²) < 4.78 is 9.73. The monoisotopic (exact) mass is 766 g/mol. The Morgan fingerprint density at radius 1 is 0.508 bits per heavy atom. The van der Waals surface area contributed by atoms with E-state index in [4.69, 9.17) is 4.74 Å². The number of ether oxygens (including phenoxy) is 1. The number of hydrogen-bond acceptors (Lipinski definition) is 2. The molecule has 11 rings (SSSR count). The van der Waals surface area contributed by atoms with E-state index in [1.54, 1.807) is 0 Å². The minimum Gasteiger partial charge on any atom is -0.458 e. The van der Waals surface area contributed by atoms with E-state index >= 15 is 0 Å². The molecule has 1 aromatic heterocycles. The van der Waals surface area contributed by atoms with Gasteiger partial charge in [0.15, 0.2) is 0 Å². The van der Waals surface area contributed by atoms with Crippen molar-refractivity contribution in [2.24, 2.45) is 0 Å². The molecule has 3 aliphatic rings. The van der Waals surface area contributed by atoms with Crippen molar-refractivity contribution in [3.8, 4) is 28.3 Å². The minimum atomic E-state index is -0.118. The van der Waals surface area contributed by atoms with Crippen molar-refractivity contribution < 1.29 is 4.74 Å². The topological polar surface area (TPSA) is 17.4 Å². The van der Waals surface area contributed by atoms with Crippen molar-refractivity contribution in [3.63, 3.8) is 0 Å². The highest BCUT2D eigenvalue weighted by molar-refractivity contribution is 6.92. The zero-order valence-electron chi connectivity index (χ0n) is 35.7. The summed E-state index contributed by atoms with van der Waals surface area (Å²) in [6.45, 7) is 20.9. The summed E-state index contributed by atoms with van der Waals surface area (Å²) in [5.41, 5.74) is 19.0. The molecule has 0 spiro atoms. The fraction of sp³-hybridized carbons (Fsp3) is 0.236. The number of aromatic nitrogens is 1. The number of para-hydroxylation sites is 2. The van der Waals surface area contributed by atoms with Gasteiger partial charge in [0.25, 0.3) is 0 Å². The van der Waals surface area contributed by atoms with E-state index in [-0.39, 0.29) is 29.0 Å². The van der Waals surface area contributed by atoms with Gasteiger partial charge in [0, 0.05) is 44.8 Å². The highest BCUT2D eigenvalue weighted by Gasteiger charge is 2.49. The summed E-state index contributed by atoms with van der Waals surface area (Å²) in [5, 5.41) is 2.42. The zero-order valence-corrected chi connectivity index (χ0v) is 35.7. The van der Waals surface area contributed by atoms with Crippen molar-refractivity contribution in [2.45, 2.75) is 84.5 Å². The van der Waals surface area contributed by atoms with Gasteiger partial charge in [-0.05, 0) is 109 Å². The highest BCUT2D eigenvalue weighted by atomic mass is 16.5. The standard InChI is InChI=1S/C55H51BN2O/c1-53(2,3)34-24-25-46-42(26-34)50(33-18-12-10-13-19-33)43-29-35(54(4,5)6)28-41-40-27-36(55(7,8)9)30-49-51(40)56(58(46)52(41)43)44-32-47-39(31-48(44)59-49)38-22-16-17-23-45(38)57(47)37-20-14-11-15-21-37/h10-32,50H,1-9H3. The first kappa shape index (κ1) is 36.1. The molecule has 0 fully saturated rings. The SMILES string of the molecule is CC(C)(C)c1cc2c3c(c1)-c1cc(C(C)(C)C)cc4c1N(B3c1cc3c(cc1O2)c1ccccc1n3-c1ccccc1)c1ccc(C(C)(C)C)cc1C4c1ccccc1. The summed E-state index contributed by atoms with van der Waals surface area (Å²) in [6, 6.07) is 52.8. The molecule has 0 radical (unpaired) electrons. The Labute approximate surface area is 349 Å². The molecular weight excluding hydrogens is 715 g/mol. The van der Waals surface area contributed by atoms with Crippen LogP contribution in [0.25, 0.3) is 38.6 Å². The predicted molar refractivity (Wildman–Crippen MR) is 250 cm³/mol. The molecule has 8 aromatic rings. The number of hydrogen-bond donors (Lipinski definition) is 0. The van der Waals surface area contributed by atoms with Crippen LogP contribution in [0.5, 0.6) is 11.5 Å². The molecule has 0 bridgehead atoms. The molecule has 1 atom stereocenters. The highest BCUT2D eigenvalue weighted by Crippen LogP contribution is 2.57. The minimum absolute atomic E-state index is 0.0122. The maximum Gasteiger partial charge on any atom is 0.336 e. The summed E-state index contributed by atoms with van der Waals surface area (Å²) in [5.74, 6) is 1.95. The van der Waals surface area contributed by atoms with Crippen LogP contribution in [0, 0.1) is 0 Å². The molecule has 0 amide bonds. The Kier molecular flexibility index (Phi) is 7.51. The van der Waals surface area contributed by atoms with Crippen molar-refractivity contribution >= 4 is 51.0 Å². The van der Waals surface area contributed by atoms with Gasteiger partial charge in [-0.1, -0.05) is 153 Å². The Balaban J connectivity index is 1.29. The van der Waals surface area contributed by atoms with Crippen LogP contribution in [0.3, 0.4) is 0 Å². The quantitative estimate of drug-likeness (QED) is 0.163. The van der Waals surface area contributed by atoms with Crippen LogP contribution < -0.4 is 20.5 Å². The molecule has 0 saturated heterocycles. The molecule has 3 nitrogen and oxygen atoms in total. The number of fused-ring (bicyclic) bond motifs is 9. The van der Waals surface area contributed by atoms with Gasteiger partial charge in [0.05, 0.1) is 11.0 Å². The molecule has 1 unspecified atom stereocenters. The molecular formula is C55H51BN2O. The van der Waals surface area contributed by atoms with E-state index in [2.05, 4.69) is 211 Å². The lowest BCUT2D eigenvalue weighted by Crippen LogP contribution is -2.61. The first-order chi connectivity index (χ1) is 28.2. The zero-order chi connectivity index (χ0) is 40.7. The number of anilines is 2. The van der Waals surface area contributed by atoms with Crippen LogP contribution in [-0.4, -0.2) is 11.4 Å². The lowest BCUT2D eigenvalue weighted by atomic mass is 9.43. The summed E-state index contributed by atoms with van der Waals surface area (Å²) in [7, 11) is 0. The largest absolute Gasteiger partial charge is 0.458 e. The predicted octanol–water partition coefficient (Wildman–Crippen LogP) is 13.2. The Hall–Kier alpha value is -6.00. The summed E-state index contributed by atoms with van der Waals surface area (Å²) >= 11 is 0. The summed E-state index contributed by atoms with van der Waals surface area (Å²) in [4.78, 5) is 2.71. The van der Waals surface area contributed by atoms with Gasteiger partial charge in [-0.25, -0.2) is 0 Å². The van der Waals surface area contributed by atoms with Gasteiger partial charge in [0.1, 0.15) is 11.5 Å². The lowest BCUT2D eigenvalue weighted by molar-refractivity contribution is 0.483. The molecule has 7 aromatic carbocycles. The second-order valence-electron chi connectivity index (χ2n) is 20.2. The first-order valence-corrected chi connectivity index (χ1v) is 21.3. The molecule has 3 aliphatic heterocycles. The second-order valence-corrected chi connectivity index (χ2v) is 20.2. The van der Waals surface area contributed by atoms with Crippen LogP contribution in [0.1, 0.15) is 102 Å². The third-order valence-electron chi connectivity index (χ3n) is 13.3. The molecule has 59 heavy (non-hydrogen) atoms. The van der Waals surface area contributed by atoms with Gasteiger partial charge in [-0.2, -0.15) is 0 Å². The fourth-order valence-electron chi connectivity index (χ4n) is 10.2. The van der Waals surface area contributed by atoms with Gasteiger partial charge < -0.3 is 14.1 Å². The van der Waals surface area contributed by atoms with E-state index in [0.29, 0.717) is 0 Å². The van der Waals surface area contributed by atoms with Gasteiger partial charge in [-0.15, -0.1) is 0 Å². The molecule has 0 saturated carbocycles. The van der Waals surface area contributed by atoms with Crippen LogP contribution in [-0.2, 0) is 16.2 Å². The van der Waals surface area contributed by atoms with E-state index in [1.165, 1.54) is 88.6 Å². The van der Waals surface area contributed by atoms with Crippen molar-refractivity contribution in [2.75, 3.05) is 4.81 Å². The summed E-state index contributed by atoms with van der Waals surface area (Å²) in [6.07, 6.45) is 0. The number of benzene rings is 7. The molecule has 0 aliphatic carbocycles. The average Bonchev–Trinajstić information content (AvgIpc) is 3.53. The molecule has 290 valence electrons. The Bertz CT molecular complexity index is 3030. The Morgan fingerprint density at radius 2 is 1.14 bits per heavy atom. The van der Waals surface area contributed by atoms with Gasteiger partial charge in [0.2, 0.25) is 0 Å². The third-order valence-corrected chi connectivity index (χ3v) is 13.3. The van der Waals surface area contributed by atoms with E-state index < -0.39 is 0 Å². The van der Waals surface area contributed by atoms with E-state index in [0.717, 1.165) is 17.2 Å². The number of rotatable bonds is 2. The smallest absolute Gasteiger partial charge is 0.336 e. The van der Waals surface area contributed by atoms with E-state index in [9.17, 15) is 0 Å².